The van der Waals surface area contributed by atoms with Crippen LogP contribution in [0.2, 0.25) is 0 Å². The highest BCUT2D eigenvalue weighted by Crippen LogP contribution is 2.27. The molecule has 1 aliphatic rings. The van der Waals surface area contributed by atoms with Crippen molar-refractivity contribution >= 4 is 6.09 Å². The van der Waals surface area contributed by atoms with Crippen LogP contribution in [0.25, 0.3) is 0 Å². The summed E-state index contributed by atoms with van der Waals surface area (Å²) in [5.41, 5.74) is 15.8. The summed E-state index contributed by atoms with van der Waals surface area (Å²) < 4.78 is 4.71. The molecule has 0 saturated heterocycles. The number of hydrogen-bond donors (Lipinski definition) is 3. The SMILES string of the molecule is NC(=O)OCC1CCC(N)(N)CC1. The molecule has 1 amide bonds. The van der Waals surface area contributed by atoms with E-state index in [-0.39, 0.29) is 0 Å². The molecule has 1 fully saturated rings. The van der Waals surface area contributed by atoms with E-state index in [1.807, 2.05) is 0 Å². The van der Waals surface area contributed by atoms with Gasteiger partial charge in [0.1, 0.15) is 0 Å². The Morgan fingerprint density at radius 3 is 2.38 bits per heavy atom. The number of carbonyl (C=O) groups is 1. The molecule has 0 aromatic heterocycles. The van der Waals surface area contributed by atoms with Gasteiger partial charge < -0.3 is 21.9 Å². The van der Waals surface area contributed by atoms with Gasteiger partial charge in [0, 0.05) is 0 Å². The number of rotatable bonds is 2. The molecule has 5 heteroatoms. The topological polar surface area (TPSA) is 104 Å². The second-order valence-corrected chi connectivity index (χ2v) is 3.81. The number of hydrogen-bond acceptors (Lipinski definition) is 4. The summed E-state index contributed by atoms with van der Waals surface area (Å²) in [5.74, 6) is 0.368. The molecule has 0 atom stereocenters. The van der Waals surface area contributed by atoms with E-state index in [1.54, 1.807) is 0 Å². The molecule has 0 spiro atoms. The minimum Gasteiger partial charge on any atom is -0.449 e. The summed E-state index contributed by atoms with van der Waals surface area (Å²) in [6.45, 7) is 0.394. The number of primary amides is 1. The predicted octanol–water partition coefficient (Wildman–Crippen LogP) is -0.114. The average Bonchev–Trinajstić information content (AvgIpc) is 2.02. The van der Waals surface area contributed by atoms with Crippen molar-refractivity contribution in [3.8, 4) is 0 Å². The molecule has 1 saturated carbocycles. The van der Waals surface area contributed by atoms with Crippen LogP contribution in [-0.2, 0) is 4.74 Å². The lowest BCUT2D eigenvalue weighted by Gasteiger charge is -2.33. The van der Waals surface area contributed by atoms with Gasteiger partial charge in [-0.05, 0) is 31.6 Å². The molecule has 0 heterocycles. The van der Waals surface area contributed by atoms with Crippen molar-refractivity contribution in [1.29, 1.82) is 0 Å². The van der Waals surface area contributed by atoms with E-state index in [4.69, 9.17) is 21.9 Å². The van der Waals surface area contributed by atoms with Crippen LogP contribution >= 0.6 is 0 Å². The second-order valence-electron chi connectivity index (χ2n) is 3.81. The third-order valence-corrected chi connectivity index (χ3v) is 2.50. The molecule has 76 valence electrons. The van der Waals surface area contributed by atoms with Crippen molar-refractivity contribution in [3.05, 3.63) is 0 Å². The number of nitrogens with two attached hydrogens (primary N) is 3. The van der Waals surface area contributed by atoms with E-state index in [0.29, 0.717) is 12.5 Å². The first-order valence-electron chi connectivity index (χ1n) is 4.49. The Balaban J connectivity index is 2.21. The summed E-state index contributed by atoms with van der Waals surface area (Å²) in [6.07, 6.45) is 2.65. The summed E-state index contributed by atoms with van der Waals surface area (Å²) in [6, 6.07) is 0. The Labute approximate surface area is 77.6 Å². The smallest absolute Gasteiger partial charge is 0.404 e. The predicted molar refractivity (Wildman–Crippen MR) is 48.6 cm³/mol. The number of carbonyl (C=O) groups excluding carboxylic acids is 1. The Hall–Kier alpha value is -0.810. The van der Waals surface area contributed by atoms with Crippen LogP contribution in [0, 0.1) is 5.92 Å². The van der Waals surface area contributed by atoms with Crippen LogP contribution in [0.1, 0.15) is 25.7 Å². The Morgan fingerprint density at radius 2 is 1.92 bits per heavy atom. The molecule has 1 rings (SSSR count). The summed E-state index contributed by atoms with van der Waals surface area (Å²) >= 11 is 0. The average molecular weight is 187 g/mol. The zero-order valence-corrected chi connectivity index (χ0v) is 7.66. The third-order valence-electron chi connectivity index (χ3n) is 2.50. The first kappa shape index (κ1) is 10.3. The van der Waals surface area contributed by atoms with E-state index in [0.717, 1.165) is 25.7 Å². The van der Waals surface area contributed by atoms with E-state index >= 15 is 0 Å². The quantitative estimate of drug-likeness (QED) is 0.524. The van der Waals surface area contributed by atoms with Crippen molar-refractivity contribution < 1.29 is 9.53 Å². The summed E-state index contributed by atoms with van der Waals surface area (Å²) in [5, 5.41) is 0. The van der Waals surface area contributed by atoms with Crippen molar-refractivity contribution in [2.75, 3.05) is 6.61 Å². The van der Waals surface area contributed by atoms with Gasteiger partial charge in [0.2, 0.25) is 0 Å². The van der Waals surface area contributed by atoms with Crippen LogP contribution in [-0.4, -0.2) is 18.4 Å². The fourth-order valence-electron chi connectivity index (χ4n) is 1.58. The van der Waals surface area contributed by atoms with Crippen LogP contribution in [0.4, 0.5) is 4.79 Å². The normalized spacial score (nSPS) is 22.6. The van der Waals surface area contributed by atoms with Crippen LogP contribution in [0.5, 0.6) is 0 Å². The van der Waals surface area contributed by atoms with Gasteiger partial charge in [0.15, 0.2) is 0 Å². The van der Waals surface area contributed by atoms with Crippen molar-refractivity contribution in [3.63, 3.8) is 0 Å². The molecular formula is C8H17N3O2. The largest absolute Gasteiger partial charge is 0.449 e. The van der Waals surface area contributed by atoms with Crippen LogP contribution in [0.3, 0.4) is 0 Å². The molecule has 5 nitrogen and oxygen atoms in total. The molecule has 0 aromatic rings. The first-order chi connectivity index (χ1) is 5.99. The van der Waals surface area contributed by atoms with Gasteiger partial charge in [-0.1, -0.05) is 0 Å². The van der Waals surface area contributed by atoms with Crippen LogP contribution < -0.4 is 17.2 Å². The van der Waals surface area contributed by atoms with Gasteiger partial charge in [-0.3, -0.25) is 0 Å². The van der Waals surface area contributed by atoms with E-state index < -0.39 is 11.8 Å². The fourth-order valence-corrected chi connectivity index (χ4v) is 1.58. The summed E-state index contributed by atoms with van der Waals surface area (Å²) in [4.78, 5) is 10.3. The lowest BCUT2D eigenvalue weighted by atomic mass is 9.83. The maximum atomic E-state index is 10.3. The Kier molecular flexibility index (Phi) is 3.11. The van der Waals surface area contributed by atoms with E-state index in [1.165, 1.54) is 0 Å². The molecule has 0 aliphatic heterocycles. The molecule has 13 heavy (non-hydrogen) atoms. The number of ether oxygens (including phenoxy) is 1. The van der Waals surface area contributed by atoms with Gasteiger partial charge in [0.25, 0.3) is 0 Å². The minimum absolute atomic E-state index is 0.368. The highest BCUT2D eigenvalue weighted by molar-refractivity contribution is 5.64. The Bertz CT molecular complexity index is 184. The van der Waals surface area contributed by atoms with Gasteiger partial charge in [-0.2, -0.15) is 0 Å². The molecule has 0 aromatic carbocycles. The van der Waals surface area contributed by atoms with E-state index in [2.05, 4.69) is 0 Å². The lowest BCUT2D eigenvalue weighted by Crippen LogP contribution is -2.52. The zero-order chi connectivity index (χ0) is 9.90. The monoisotopic (exact) mass is 187 g/mol. The maximum absolute atomic E-state index is 10.3. The highest BCUT2D eigenvalue weighted by atomic mass is 16.5. The molecule has 0 radical (unpaired) electrons. The zero-order valence-electron chi connectivity index (χ0n) is 7.66. The van der Waals surface area contributed by atoms with Crippen LogP contribution in [0.15, 0.2) is 0 Å². The van der Waals surface area contributed by atoms with E-state index in [9.17, 15) is 4.79 Å². The van der Waals surface area contributed by atoms with Crippen molar-refractivity contribution in [2.45, 2.75) is 31.3 Å². The second kappa shape index (κ2) is 3.93. The van der Waals surface area contributed by atoms with Gasteiger partial charge in [-0.15, -0.1) is 0 Å². The molecule has 6 N–H and O–H groups in total. The first-order valence-corrected chi connectivity index (χ1v) is 4.49. The maximum Gasteiger partial charge on any atom is 0.404 e. The van der Waals surface area contributed by atoms with Gasteiger partial charge in [-0.25, -0.2) is 4.79 Å². The lowest BCUT2D eigenvalue weighted by molar-refractivity contribution is 0.112. The fraction of sp³-hybridized carbons (Fsp3) is 0.875. The highest BCUT2D eigenvalue weighted by Gasteiger charge is 2.28. The van der Waals surface area contributed by atoms with Crippen molar-refractivity contribution in [2.24, 2.45) is 23.1 Å². The van der Waals surface area contributed by atoms with Gasteiger partial charge in [0.05, 0.1) is 12.3 Å². The minimum atomic E-state index is -0.711. The number of amides is 1. The molecule has 0 bridgehead atoms. The molecular weight excluding hydrogens is 170 g/mol. The molecule has 1 aliphatic carbocycles. The standard InChI is InChI=1S/C8H17N3O2/c9-7(12)13-5-6-1-3-8(10,11)4-2-6/h6H,1-5,10-11H2,(H2,9,12). The Morgan fingerprint density at radius 1 is 1.38 bits per heavy atom. The molecule has 0 unspecified atom stereocenters. The van der Waals surface area contributed by atoms with Crippen molar-refractivity contribution in [1.82, 2.24) is 0 Å². The van der Waals surface area contributed by atoms with Gasteiger partial charge >= 0.3 is 6.09 Å². The third kappa shape index (κ3) is 3.61. The summed E-state index contributed by atoms with van der Waals surface area (Å²) in [7, 11) is 0.